The fourth-order valence-electron chi connectivity index (χ4n) is 3.98. The molecule has 2 amide bonds. The molecule has 33 heavy (non-hydrogen) atoms. The van der Waals surface area contributed by atoms with Crippen molar-refractivity contribution >= 4 is 11.8 Å². The number of nitrogens with zero attached hydrogens (tertiary/aromatic N) is 3. The van der Waals surface area contributed by atoms with Gasteiger partial charge in [-0.3, -0.25) is 24.1 Å². The molecule has 1 atom stereocenters. The molecule has 2 bridgehead atoms. The molecule has 1 saturated heterocycles. The first-order chi connectivity index (χ1) is 15.7. The Labute approximate surface area is 185 Å². The third kappa shape index (κ3) is 4.13. The van der Waals surface area contributed by atoms with Crippen molar-refractivity contribution in [3.63, 3.8) is 0 Å². The summed E-state index contributed by atoms with van der Waals surface area (Å²) in [4.78, 5) is 39.7. The highest BCUT2D eigenvalue weighted by atomic mass is 19.1. The van der Waals surface area contributed by atoms with Crippen molar-refractivity contribution in [2.24, 2.45) is 0 Å². The number of pyridine rings is 1. The first-order valence-corrected chi connectivity index (χ1v) is 10.2. The van der Waals surface area contributed by atoms with Crippen LogP contribution in [-0.4, -0.2) is 59.5 Å². The third-order valence-corrected chi connectivity index (χ3v) is 5.83. The van der Waals surface area contributed by atoms with Gasteiger partial charge in [0.05, 0.1) is 6.10 Å². The van der Waals surface area contributed by atoms with Crippen LogP contribution in [0.2, 0.25) is 0 Å². The molecule has 1 aromatic carbocycles. The summed E-state index contributed by atoms with van der Waals surface area (Å²) in [6.45, 7) is 0.283. The molecule has 0 aliphatic carbocycles. The fraction of sp³-hybridized carbons (Fsp3) is 0.381. The molecule has 1 unspecified atom stereocenters. The van der Waals surface area contributed by atoms with Crippen molar-refractivity contribution in [2.45, 2.75) is 25.5 Å². The lowest BCUT2D eigenvalue weighted by Crippen LogP contribution is -2.56. The zero-order valence-corrected chi connectivity index (χ0v) is 17.6. The van der Waals surface area contributed by atoms with Gasteiger partial charge in [-0.1, -0.05) is 0 Å². The third-order valence-electron chi connectivity index (χ3n) is 5.83. The second kappa shape index (κ2) is 8.77. The molecule has 176 valence electrons. The van der Waals surface area contributed by atoms with Gasteiger partial charge in [-0.25, -0.2) is 13.2 Å². The van der Waals surface area contributed by atoms with E-state index in [-0.39, 0.29) is 18.5 Å². The van der Waals surface area contributed by atoms with Crippen molar-refractivity contribution in [3.8, 4) is 5.75 Å². The zero-order chi connectivity index (χ0) is 23.9. The normalized spacial score (nSPS) is 17.9. The number of ether oxygens (including phenoxy) is 1. The molecule has 2 N–H and O–H groups in total. The van der Waals surface area contributed by atoms with Gasteiger partial charge < -0.3 is 20.1 Å². The summed E-state index contributed by atoms with van der Waals surface area (Å²) in [7, 11) is 1.57. The van der Waals surface area contributed by atoms with E-state index in [0.29, 0.717) is 38.1 Å². The van der Waals surface area contributed by atoms with Crippen molar-refractivity contribution in [1.29, 1.82) is 0 Å². The van der Waals surface area contributed by atoms with Crippen LogP contribution in [-0.2, 0) is 11.3 Å². The summed E-state index contributed by atoms with van der Waals surface area (Å²) in [5.41, 5.74) is -2.48. The van der Waals surface area contributed by atoms with Gasteiger partial charge in [-0.2, -0.15) is 0 Å². The van der Waals surface area contributed by atoms with Crippen LogP contribution in [0.1, 0.15) is 39.3 Å². The van der Waals surface area contributed by atoms with E-state index in [4.69, 9.17) is 4.74 Å². The maximum Gasteiger partial charge on any atom is 0.277 e. The molecule has 2 aromatic rings. The van der Waals surface area contributed by atoms with E-state index >= 15 is 0 Å². The molecule has 0 spiro atoms. The number of aromatic hydroxyl groups is 1. The van der Waals surface area contributed by atoms with Crippen molar-refractivity contribution < 1.29 is 32.6 Å². The maximum atomic E-state index is 13.9. The Morgan fingerprint density at radius 3 is 2.52 bits per heavy atom. The summed E-state index contributed by atoms with van der Waals surface area (Å²) in [5.74, 6) is -6.00. The molecule has 0 saturated carbocycles. The SMILES string of the molecule is COC1CCN2CN(CC1)n1cc(C(=O)NCc3c(F)cc(F)cc3F)c(=O)c(O)c1C2=O. The average Bonchev–Trinajstić information content (AvgIpc) is 2.74. The molecular formula is C21H21F3N4O5. The molecule has 1 fully saturated rings. The van der Waals surface area contributed by atoms with Crippen molar-refractivity contribution in [1.82, 2.24) is 14.9 Å². The number of aromatic nitrogens is 1. The second-order valence-corrected chi connectivity index (χ2v) is 7.82. The number of nitrogens with one attached hydrogen (secondary N) is 1. The van der Waals surface area contributed by atoms with E-state index in [2.05, 4.69) is 5.32 Å². The van der Waals surface area contributed by atoms with Gasteiger partial charge in [0.15, 0.2) is 11.4 Å². The van der Waals surface area contributed by atoms with Crippen molar-refractivity contribution in [2.75, 3.05) is 31.9 Å². The summed E-state index contributed by atoms with van der Waals surface area (Å²) >= 11 is 0. The van der Waals surface area contributed by atoms with Crippen LogP contribution in [0.25, 0.3) is 0 Å². The zero-order valence-electron chi connectivity index (χ0n) is 17.6. The quantitative estimate of drug-likeness (QED) is 0.699. The smallest absolute Gasteiger partial charge is 0.277 e. The number of methoxy groups -OCH3 is 1. The van der Waals surface area contributed by atoms with E-state index in [1.165, 1.54) is 9.58 Å². The minimum atomic E-state index is -1.20. The van der Waals surface area contributed by atoms with Gasteiger partial charge >= 0.3 is 0 Å². The summed E-state index contributed by atoms with van der Waals surface area (Å²) in [6.07, 6.45) is 2.22. The van der Waals surface area contributed by atoms with E-state index in [1.807, 2.05) is 0 Å². The molecule has 0 radical (unpaired) electrons. The molecular weight excluding hydrogens is 445 g/mol. The molecule has 3 heterocycles. The number of rotatable bonds is 4. The van der Waals surface area contributed by atoms with Gasteiger partial charge in [0, 0.05) is 50.6 Å². The van der Waals surface area contributed by atoms with Crippen LogP contribution in [0.15, 0.2) is 23.1 Å². The number of fused-ring (bicyclic) bond motifs is 4. The Kier molecular flexibility index (Phi) is 6.02. The predicted molar refractivity (Wildman–Crippen MR) is 109 cm³/mol. The lowest BCUT2D eigenvalue weighted by atomic mass is 10.1. The Morgan fingerprint density at radius 2 is 1.85 bits per heavy atom. The van der Waals surface area contributed by atoms with Crippen LogP contribution in [0.3, 0.4) is 0 Å². The topological polar surface area (TPSA) is 104 Å². The Hall–Kier alpha value is -3.54. The maximum absolute atomic E-state index is 13.9. The van der Waals surface area contributed by atoms with Crippen LogP contribution < -0.4 is 15.8 Å². The highest BCUT2D eigenvalue weighted by Gasteiger charge is 2.35. The number of amides is 2. The number of hydrogen-bond donors (Lipinski definition) is 2. The predicted octanol–water partition coefficient (Wildman–Crippen LogP) is 1.06. The van der Waals surface area contributed by atoms with Crippen LogP contribution in [0.4, 0.5) is 13.2 Å². The lowest BCUT2D eigenvalue weighted by Gasteiger charge is -2.42. The van der Waals surface area contributed by atoms with E-state index in [0.717, 1.165) is 6.20 Å². The minimum absolute atomic E-state index is 0.0964. The molecule has 12 heteroatoms. The second-order valence-electron chi connectivity index (χ2n) is 7.82. The highest BCUT2D eigenvalue weighted by molar-refractivity contribution is 5.99. The van der Waals surface area contributed by atoms with Gasteiger partial charge in [0.25, 0.3) is 11.8 Å². The summed E-state index contributed by atoms with van der Waals surface area (Å²) < 4.78 is 47.4. The Balaban J connectivity index is 1.66. The first kappa shape index (κ1) is 22.6. The van der Waals surface area contributed by atoms with Gasteiger partial charge in [0.1, 0.15) is 29.7 Å². The molecule has 2 aliphatic heterocycles. The monoisotopic (exact) mass is 466 g/mol. The van der Waals surface area contributed by atoms with E-state index < -0.39 is 58.1 Å². The van der Waals surface area contributed by atoms with Gasteiger partial charge in [-0.15, -0.1) is 0 Å². The van der Waals surface area contributed by atoms with Gasteiger partial charge in [0.2, 0.25) is 5.43 Å². The number of halogens is 3. The Bertz CT molecular complexity index is 1160. The number of carbonyl (C=O) groups excluding carboxylic acids is 2. The summed E-state index contributed by atoms with van der Waals surface area (Å²) in [5, 5.41) is 14.4. The van der Waals surface area contributed by atoms with Gasteiger partial charge in [-0.05, 0) is 12.8 Å². The highest BCUT2D eigenvalue weighted by Crippen LogP contribution is 2.24. The summed E-state index contributed by atoms with van der Waals surface area (Å²) in [6, 6.07) is 0.938. The van der Waals surface area contributed by atoms with Crippen molar-refractivity contribution in [3.05, 3.63) is 62.8 Å². The Morgan fingerprint density at radius 1 is 1.18 bits per heavy atom. The number of hydrogen-bond acceptors (Lipinski definition) is 6. The lowest BCUT2D eigenvalue weighted by molar-refractivity contribution is 0.0473. The molecule has 2 aliphatic rings. The molecule has 1 aromatic heterocycles. The fourth-order valence-corrected chi connectivity index (χ4v) is 3.98. The van der Waals surface area contributed by atoms with Crippen LogP contribution >= 0.6 is 0 Å². The number of benzene rings is 1. The largest absolute Gasteiger partial charge is 0.502 e. The average molecular weight is 466 g/mol. The minimum Gasteiger partial charge on any atom is -0.502 e. The standard InChI is InChI=1S/C21H21F3N4O5/c1-33-12-2-4-26-10-27(5-3-12)28-9-14(18(29)19(30)17(28)21(26)32)20(31)25-8-13-15(23)6-11(22)7-16(13)24/h6-7,9,12,30H,2-5,8,10H2,1H3,(H,25,31). The van der Waals surface area contributed by atoms with E-state index in [1.54, 1.807) is 12.1 Å². The number of carbonyl (C=O) groups is 2. The van der Waals surface area contributed by atoms with E-state index in [9.17, 15) is 32.7 Å². The van der Waals surface area contributed by atoms with Crippen LogP contribution in [0.5, 0.6) is 5.75 Å². The molecule has 4 rings (SSSR count). The van der Waals surface area contributed by atoms with Crippen LogP contribution in [0, 0.1) is 17.5 Å². The first-order valence-electron chi connectivity index (χ1n) is 10.2. The molecule has 9 nitrogen and oxygen atoms in total.